The molecule has 108 valence electrons. The summed E-state index contributed by atoms with van der Waals surface area (Å²) in [5.41, 5.74) is 3.45. The Morgan fingerprint density at radius 2 is 2.25 bits per heavy atom. The lowest BCUT2D eigenvalue weighted by Crippen LogP contribution is -2.16. The number of nitrogens with zero attached hydrogens (tertiary/aromatic N) is 3. The van der Waals surface area contributed by atoms with Gasteiger partial charge in [0, 0.05) is 26.5 Å². The van der Waals surface area contributed by atoms with Gasteiger partial charge in [0.2, 0.25) is 0 Å². The molecule has 20 heavy (non-hydrogen) atoms. The summed E-state index contributed by atoms with van der Waals surface area (Å²) in [7, 11) is 1.76. The Balaban J connectivity index is 1.96. The van der Waals surface area contributed by atoms with Crippen LogP contribution in [0.5, 0.6) is 0 Å². The van der Waals surface area contributed by atoms with Gasteiger partial charge in [0.25, 0.3) is 0 Å². The Bertz CT molecular complexity index is 619. The summed E-state index contributed by atoms with van der Waals surface area (Å²) in [6.45, 7) is 3.83. The van der Waals surface area contributed by atoms with Gasteiger partial charge in [-0.15, -0.1) is 11.6 Å². The molecule has 1 fully saturated rings. The summed E-state index contributed by atoms with van der Waals surface area (Å²) in [6, 6.07) is 2.00. The molecule has 1 saturated carbocycles. The van der Waals surface area contributed by atoms with Crippen LogP contribution in [0.15, 0.2) is 12.3 Å². The van der Waals surface area contributed by atoms with Crippen molar-refractivity contribution in [2.75, 3.05) is 13.7 Å². The fraction of sp³-hybridized carbons (Fsp3) is 0.600. The molecule has 2 heterocycles. The van der Waals surface area contributed by atoms with E-state index in [0.717, 1.165) is 42.1 Å². The highest BCUT2D eigenvalue weighted by Crippen LogP contribution is 2.50. The number of fused-ring (bicyclic) bond motifs is 1. The molecule has 1 aliphatic rings. The standard InChI is InChI=1S/C15H20ClN3O/c1-11-3-7-17-14-13(11)18-12(9-16)19(14)10-15(4-5-15)6-8-20-2/h3,7H,4-6,8-10H2,1-2H3. The molecule has 2 aromatic heterocycles. The maximum Gasteiger partial charge on any atom is 0.160 e. The maximum absolute atomic E-state index is 6.07. The number of aromatic nitrogens is 3. The quantitative estimate of drug-likeness (QED) is 0.767. The summed E-state index contributed by atoms with van der Waals surface area (Å²) in [6.07, 6.45) is 5.45. The van der Waals surface area contributed by atoms with Gasteiger partial charge in [0.1, 0.15) is 11.3 Å². The van der Waals surface area contributed by atoms with Gasteiger partial charge in [-0.05, 0) is 43.2 Å². The molecule has 0 amide bonds. The molecule has 4 nitrogen and oxygen atoms in total. The van der Waals surface area contributed by atoms with Gasteiger partial charge >= 0.3 is 0 Å². The molecule has 0 aliphatic heterocycles. The zero-order valence-corrected chi connectivity index (χ0v) is 12.8. The van der Waals surface area contributed by atoms with Crippen molar-refractivity contribution in [2.45, 2.75) is 38.6 Å². The van der Waals surface area contributed by atoms with E-state index in [1.54, 1.807) is 7.11 Å². The highest BCUT2D eigenvalue weighted by molar-refractivity contribution is 6.16. The lowest BCUT2D eigenvalue weighted by atomic mass is 10.0. The van der Waals surface area contributed by atoms with Crippen molar-refractivity contribution in [1.29, 1.82) is 0 Å². The second-order valence-electron chi connectivity index (χ2n) is 5.79. The Labute approximate surface area is 124 Å². The smallest absolute Gasteiger partial charge is 0.160 e. The van der Waals surface area contributed by atoms with Gasteiger partial charge in [-0.25, -0.2) is 9.97 Å². The van der Waals surface area contributed by atoms with E-state index < -0.39 is 0 Å². The van der Waals surface area contributed by atoms with Crippen LogP contribution >= 0.6 is 11.6 Å². The molecular formula is C15H20ClN3O. The van der Waals surface area contributed by atoms with Crippen molar-refractivity contribution >= 4 is 22.8 Å². The zero-order valence-electron chi connectivity index (χ0n) is 12.0. The number of hydrogen-bond acceptors (Lipinski definition) is 3. The highest BCUT2D eigenvalue weighted by atomic mass is 35.5. The third-order valence-electron chi connectivity index (χ3n) is 4.32. The van der Waals surface area contributed by atoms with Crippen molar-refractivity contribution in [2.24, 2.45) is 5.41 Å². The number of alkyl halides is 1. The van der Waals surface area contributed by atoms with Crippen LogP contribution in [0.25, 0.3) is 11.2 Å². The van der Waals surface area contributed by atoms with Crippen LogP contribution in [0.3, 0.4) is 0 Å². The minimum atomic E-state index is 0.357. The van der Waals surface area contributed by atoms with Crippen LogP contribution in [0.2, 0.25) is 0 Å². The number of methoxy groups -OCH3 is 1. The maximum atomic E-state index is 6.07. The first-order valence-corrected chi connectivity index (χ1v) is 7.58. The molecule has 2 aromatic rings. The molecule has 0 atom stereocenters. The van der Waals surface area contributed by atoms with Crippen LogP contribution in [0.4, 0.5) is 0 Å². The van der Waals surface area contributed by atoms with E-state index in [2.05, 4.69) is 21.5 Å². The Kier molecular flexibility index (Phi) is 3.69. The van der Waals surface area contributed by atoms with E-state index in [1.165, 1.54) is 12.8 Å². The molecular weight excluding hydrogens is 274 g/mol. The highest BCUT2D eigenvalue weighted by Gasteiger charge is 2.43. The predicted octanol–water partition coefficient (Wildman–Crippen LogP) is 3.30. The number of aryl methyl sites for hydroxylation is 1. The number of ether oxygens (including phenoxy) is 1. The first-order chi connectivity index (χ1) is 9.69. The number of rotatable bonds is 6. The summed E-state index contributed by atoms with van der Waals surface area (Å²) >= 11 is 6.07. The number of halogens is 1. The van der Waals surface area contributed by atoms with E-state index in [9.17, 15) is 0 Å². The number of imidazole rings is 1. The Hall–Kier alpha value is -1.13. The molecule has 0 N–H and O–H groups in total. The van der Waals surface area contributed by atoms with Gasteiger partial charge in [0.05, 0.1) is 5.88 Å². The largest absolute Gasteiger partial charge is 0.385 e. The number of hydrogen-bond donors (Lipinski definition) is 0. The zero-order chi connectivity index (χ0) is 14.2. The second-order valence-corrected chi connectivity index (χ2v) is 6.06. The van der Waals surface area contributed by atoms with E-state index in [4.69, 9.17) is 16.3 Å². The normalized spacial score (nSPS) is 16.8. The van der Waals surface area contributed by atoms with Crippen molar-refractivity contribution in [3.05, 3.63) is 23.7 Å². The Morgan fingerprint density at radius 1 is 1.45 bits per heavy atom. The molecule has 1 aliphatic carbocycles. The average Bonchev–Trinajstić information content (AvgIpc) is 3.13. The first-order valence-electron chi connectivity index (χ1n) is 7.05. The third-order valence-corrected chi connectivity index (χ3v) is 4.56. The molecule has 0 radical (unpaired) electrons. The summed E-state index contributed by atoms with van der Waals surface area (Å²) in [5.74, 6) is 1.35. The van der Waals surface area contributed by atoms with E-state index in [-0.39, 0.29) is 0 Å². The van der Waals surface area contributed by atoms with Gasteiger partial charge in [0.15, 0.2) is 5.65 Å². The summed E-state index contributed by atoms with van der Waals surface area (Å²) in [5, 5.41) is 0. The molecule has 0 bridgehead atoms. The van der Waals surface area contributed by atoms with Crippen LogP contribution < -0.4 is 0 Å². The second kappa shape index (κ2) is 5.34. The van der Waals surface area contributed by atoms with Gasteiger partial charge < -0.3 is 9.30 Å². The topological polar surface area (TPSA) is 39.9 Å². The molecule has 0 saturated heterocycles. The molecule has 5 heteroatoms. The molecule has 0 aromatic carbocycles. The summed E-state index contributed by atoms with van der Waals surface area (Å²) in [4.78, 5) is 9.17. The SMILES string of the molecule is COCCC1(Cn2c(CCl)nc3c(C)ccnc32)CC1. The van der Waals surface area contributed by atoms with Gasteiger partial charge in [-0.3, -0.25) is 0 Å². The Morgan fingerprint density at radius 3 is 2.90 bits per heavy atom. The van der Waals surface area contributed by atoms with E-state index >= 15 is 0 Å². The third kappa shape index (κ3) is 2.42. The van der Waals surface area contributed by atoms with E-state index in [0.29, 0.717) is 11.3 Å². The average molecular weight is 294 g/mol. The van der Waals surface area contributed by atoms with Gasteiger partial charge in [-0.2, -0.15) is 0 Å². The van der Waals surface area contributed by atoms with Crippen molar-refractivity contribution in [3.8, 4) is 0 Å². The minimum absolute atomic E-state index is 0.357. The molecule has 0 unspecified atom stereocenters. The fourth-order valence-electron chi connectivity index (χ4n) is 2.77. The molecule has 3 rings (SSSR count). The van der Waals surface area contributed by atoms with Crippen LogP contribution in [0, 0.1) is 12.3 Å². The van der Waals surface area contributed by atoms with Crippen LogP contribution in [-0.2, 0) is 17.2 Å². The molecule has 0 spiro atoms. The van der Waals surface area contributed by atoms with Crippen molar-refractivity contribution in [1.82, 2.24) is 14.5 Å². The summed E-state index contributed by atoms with van der Waals surface area (Å²) < 4.78 is 7.44. The van der Waals surface area contributed by atoms with E-state index in [1.807, 2.05) is 12.3 Å². The minimum Gasteiger partial charge on any atom is -0.385 e. The van der Waals surface area contributed by atoms with Gasteiger partial charge in [-0.1, -0.05) is 0 Å². The number of pyridine rings is 1. The predicted molar refractivity (Wildman–Crippen MR) is 80.0 cm³/mol. The lowest BCUT2D eigenvalue weighted by Gasteiger charge is -2.17. The first kappa shape index (κ1) is 13.8. The van der Waals surface area contributed by atoms with Crippen LogP contribution in [-0.4, -0.2) is 28.3 Å². The fourth-order valence-corrected chi connectivity index (χ4v) is 2.97. The monoisotopic (exact) mass is 293 g/mol. The van der Waals surface area contributed by atoms with Crippen molar-refractivity contribution < 1.29 is 4.74 Å². The van der Waals surface area contributed by atoms with Crippen molar-refractivity contribution in [3.63, 3.8) is 0 Å². The lowest BCUT2D eigenvalue weighted by molar-refractivity contribution is 0.167. The van der Waals surface area contributed by atoms with Crippen LogP contribution in [0.1, 0.15) is 30.7 Å².